The molecule has 1 saturated carbocycles. The average molecular weight is 234 g/mol. The van der Waals surface area contributed by atoms with Gasteiger partial charge in [0.25, 0.3) is 0 Å². The molecule has 1 aromatic heterocycles. The summed E-state index contributed by atoms with van der Waals surface area (Å²) in [5.41, 5.74) is 1.34. The second kappa shape index (κ2) is 3.17. The number of hydrogen-bond donors (Lipinski definition) is 1. The zero-order valence-electron chi connectivity index (χ0n) is 11.2. The van der Waals surface area contributed by atoms with Gasteiger partial charge in [-0.05, 0) is 41.7 Å². The van der Waals surface area contributed by atoms with Crippen molar-refractivity contribution in [3.8, 4) is 0 Å². The minimum absolute atomic E-state index is 0.0583. The Kier molecular flexibility index (Phi) is 2.11. The molecule has 1 fully saturated rings. The second-order valence-electron chi connectivity index (χ2n) is 6.50. The van der Waals surface area contributed by atoms with Gasteiger partial charge in [0, 0.05) is 5.41 Å². The number of rotatable bonds is 0. The maximum absolute atomic E-state index is 10.7. The Bertz CT molecular complexity index is 450. The van der Waals surface area contributed by atoms with E-state index in [0.717, 1.165) is 5.76 Å². The molecule has 0 aromatic carbocycles. The standard InChI is InChI=1S/C15H22O2/c1-9-5-7-14(3)10(2)11-6-8-17-12(11)13(16)15(9,14)4/h6,8-10,13,16H,5,7H2,1-4H3. The van der Waals surface area contributed by atoms with E-state index in [0.29, 0.717) is 11.8 Å². The van der Waals surface area contributed by atoms with Crippen LogP contribution in [0.2, 0.25) is 0 Å². The Morgan fingerprint density at radius 2 is 2.06 bits per heavy atom. The molecule has 94 valence electrons. The molecule has 17 heavy (non-hydrogen) atoms. The summed E-state index contributed by atoms with van der Waals surface area (Å²) < 4.78 is 5.56. The van der Waals surface area contributed by atoms with Crippen LogP contribution in [-0.4, -0.2) is 5.11 Å². The highest BCUT2D eigenvalue weighted by Gasteiger charge is 2.63. The molecule has 0 saturated heterocycles. The van der Waals surface area contributed by atoms with E-state index in [1.54, 1.807) is 6.26 Å². The third-order valence-electron chi connectivity index (χ3n) is 6.32. The number of aliphatic hydroxyl groups excluding tert-OH is 1. The normalized spacial score (nSPS) is 48.9. The van der Waals surface area contributed by atoms with Gasteiger partial charge in [0.2, 0.25) is 0 Å². The van der Waals surface area contributed by atoms with E-state index in [2.05, 4.69) is 27.7 Å². The highest BCUT2D eigenvalue weighted by atomic mass is 16.4. The largest absolute Gasteiger partial charge is 0.466 e. The molecule has 0 aliphatic heterocycles. The van der Waals surface area contributed by atoms with Gasteiger partial charge < -0.3 is 9.52 Å². The van der Waals surface area contributed by atoms with Crippen LogP contribution in [0.15, 0.2) is 16.7 Å². The number of hydrogen-bond acceptors (Lipinski definition) is 2. The summed E-state index contributed by atoms with van der Waals surface area (Å²) >= 11 is 0. The van der Waals surface area contributed by atoms with Crippen molar-refractivity contribution in [1.29, 1.82) is 0 Å². The summed E-state index contributed by atoms with van der Waals surface area (Å²) in [6.07, 6.45) is 3.68. The van der Waals surface area contributed by atoms with Crippen molar-refractivity contribution in [2.45, 2.75) is 52.6 Å². The minimum Gasteiger partial charge on any atom is -0.466 e. The van der Waals surface area contributed by atoms with Crippen molar-refractivity contribution >= 4 is 0 Å². The summed E-state index contributed by atoms with van der Waals surface area (Å²) in [4.78, 5) is 0. The van der Waals surface area contributed by atoms with Gasteiger partial charge in [0.1, 0.15) is 11.9 Å². The van der Waals surface area contributed by atoms with Gasteiger partial charge in [-0.3, -0.25) is 0 Å². The van der Waals surface area contributed by atoms with Crippen molar-refractivity contribution in [2.24, 2.45) is 16.7 Å². The molecule has 1 N–H and O–H groups in total. The molecule has 5 unspecified atom stereocenters. The summed E-state index contributed by atoms with van der Waals surface area (Å²) in [6.45, 7) is 9.16. The van der Waals surface area contributed by atoms with E-state index in [-0.39, 0.29) is 10.8 Å². The molecule has 0 spiro atoms. The molecule has 1 heterocycles. The van der Waals surface area contributed by atoms with E-state index >= 15 is 0 Å². The van der Waals surface area contributed by atoms with Crippen LogP contribution in [0.1, 0.15) is 63.9 Å². The third kappa shape index (κ3) is 1.06. The summed E-state index contributed by atoms with van der Waals surface area (Å²) in [5.74, 6) is 1.82. The second-order valence-corrected chi connectivity index (χ2v) is 6.50. The maximum Gasteiger partial charge on any atom is 0.136 e. The molecule has 2 aliphatic rings. The SMILES string of the molecule is CC1c2ccoc2C(O)C2(C)C(C)CCC12C. The van der Waals surface area contributed by atoms with E-state index in [9.17, 15) is 5.11 Å². The quantitative estimate of drug-likeness (QED) is 0.739. The van der Waals surface area contributed by atoms with Crippen LogP contribution in [0, 0.1) is 16.7 Å². The molecule has 1 aromatic rings. The van der Waals surface area contributed by atoms with Crippen LogP contribution in [0.4, 0.5) is 0 Å². The van der Waals surface area contributed by atoms with Gasteiger partial charge >= 0.3 is 0 Å². The molecule has 3 rings (SSSR count). The predicted molar refractivity (Wildman–Crippen MR) is 66.7 cm³/mol. The van der Waals surface area contributed by atoms with Crippen molar-refractivity contribution in [3.05, 3.63) is 23.7 Å². The molecule has 0 amide bonds. The van der Waals surface area contributed by atoms with Gasteiger partial charge in [0.15, 0.2) is 0 Å². The Hall–Kier alpha value is -0.760. The van der Waals surface area contributed by atoms with E-state index in [1.165, 1.54) is 18.4 Å². The van der Waals surface area contributed by atoms with Crippen LogP contribution in [-0.2, 0) is 0 Å². The van der Waals surface area contributed by atoms with Gasteiger partial charge in [0.05, 0.1) is 6.26 Å². The monoisotopic (exact) mass is 234 g/mol. The maximum atomic E-state index is 10.7. The molecule has 0 radical (unpaired) electrons. The predicted octanol–water partition coefficient (Wildman–Crippen LogP) is 3.87. The lowest BCUT2D eigenvalue weighted by Gasteiger charge is -2.53. The zero-order valence-corrected chi connectivity index (χ0v) is 11.2. The first-order chi connectivity index (χ1) is 7.93. The van der Waals surface area contributed by atoms with Crippen LogP contribution in [0.3, 0.4) is 0 Å². The topological polar surface area (TPSA) is 33.4 Å². The van der Waals surface area contributed by atoms with E-state index in [4.69, 9.17) is 4.42 Å². The lowest BCUT2D eigenvalue weighted by molar-refractivity contribution is -0.0965. The van der Waals surface area contributed by atoms with Gasteiger partial charge in [-0.1, -0.05) is 27.7 Å². The van der Waals surface area contributed by atoms with E-state index < -0.39 is 6.10 Å². The van der Waals surface area contributed by atoms with Crippen LogP contribution in [0.5, 0.6) is 0 Å². The number of aliphatic hydroxyl groups is 1. The fraction of sp³-hybridized carbons (Fsp3) is 0.733. The first kappa shape index (κ1) is 11.3. The Labute approximate surface area is 103 Å². The fourth-order valence-electron chi connectivity index (χ4n) is 4.44. The Balaban J connectivity index is 2.23. The fourth-order valence-corrected chi connectivity index (χ4v) is 4.44. The first-order valence-electron chi connectivity index (χ1n) is 6.68. The Morgan fingerprint density at radius 1 is 1.35 bits per heavy atom. The molecule has 2 aliphatic carbocycles. The zero-order chi connectivity index (χ0) is 12.4. The highest BCUT2D eigenvalue weighted by Crippen LogP contribution is 2.69. The minimum atomic E-state index is -0.453. The summed E-state index contributed by atoms with van der Waals surface area (Å²) in [7, 11) is 0. The average Bonchev–Trinajstić information content (AvgIpc) is 2.87. The molecule has 5 atom stereocenters. The van der Waals surface area contributed by atoms with Crippen molar-refractivity contribution in [2.75, 3.05) is 0 Å². The molecular weight excluding hydrogens is 212 g/mol. The van der Waals surface area contributed by atoms with Crippen molar-refractivity contribution < 1.29 is 9.52 Å². The van der Waals surface area contributed by atoms with Crippen molar-refractivity contribution in [1.82, 2.24) is 0 Å². The number of furan rings is 1. The molecule has 0 bridgehead atoms. The Morgan fingerprint density at radius 3 is 2.76 bits per heavy atom. The molecule has 2 heteroatoms. The lowest BCUT2D eigenvalue weighted by atomic mass is 9.52. The van der Waals surface area contributed by atoms with Gasteiger partial charge in [-0.2, -0.15) is 0 Å². The van der Waals surface area contributed by atoms with Crippen LogP contribution < -0.4 is 0 Å². The van der Waals surface area contributed by atoms with Crippen LogP contribution >= 0.6 is 0 Å². The molecule has 2 nitrogen and oxygen atoms in total. The van der Waals surface area contributed by atoms with Gasteiger partial charge in [-0.15, -0.1) is 0 Å². The first-order valence-corrected chi connectivity index (χ1v) is 6.68. The van der Waals surface area contributed by atoms with Crippen molar-refractivity contribution in [3.63, 3.8) is 0 Å². The lowest BCUT2D eigenvalue weighted by Crippen LogP contribution is -2.47. The summed E-state index contributed by atoms with van der Waals surface area (Å²) in [5, 5.41) is 10.7. The number of fused-ring (bicyclic) bond motifs is 2. The van der Waals surface area contributed by atoms with Gasteiger partial charge in [-0.25, -0.2) is 0 Å². The smallest absolute Gasteiger partial charge is 0.136 e. The van der Waals surface area contributed by atoms with Crippen LogP contribution in [0.25, 0.3) is 0 Å². The van der Waals surface area contributed by atoms with E-state index in [1.807, 2.05) is 6.07 Å². The third-order valence-corrected chi connectivity index (χ3v) is 6.32. The molecular formula is C15H22O2. The highest BCUT2D eigenvalue weighted by molar-refractivity contribution is 5.34. The summed E-state index contributed by atoms with van der Waals surface area (Å²) in [6, 6.07) is 2.04.